The topological polar surface area (TPSA) is 50.9 Å². The van der Waals surface area contributed by atoms with Crippen molar-refractivity contribution in [3.8, 4) is 0 Å². The molecule has 19 heavy (non-hydrogen) atoms. The average Bonchev–Trinajstić information content (AvgIpc) is 2.39. The van der Waals surface area contributed by atoms with Gasteiger partial charge in [-0.15, -0.1) is 0 Å². The maximum Gasteiger partial charge on any atom is 0.106 e. The Balaban J connectivity index is 2.21. The predicted molar refractivity (Wildman–Crippen MR) is 83.3 cm³/mol. The first-order valence-corrected chi connectivity index (χ1v) is 6.55. The summed E-state index contributed by atoms with van der Waals surface area (Å²) in [5, 5.41) is 3.40. The van der Waals surface area contributed by atoms with E-state index in [0.717, 1.165) is 11.3 Å². The van der Waals surface area contributed by atoms with Crippen LogP contribution in [0.1, 0.15) is 29.7 Å². The van der Waals surface area contributed by atoms with Crippen LogP contribution in [-0.4, -0.2) is 9.97 Å². The SMILES string of the molecule is Cc1ccc(C(C)Nc2cnccc2C(N)=S)cc1. The molecule has 1 aromatic heterocycles. The number of hydrogen-bond acceptors (Lipinski definition) is 3. The first-order chi connectivity index (χ1) is 9.08. The molecule has 0 saturated carbocycles. The van der Waals surface area contributed by atoms with Crippen LogP contribution < -0.4 is 11.1 Å². The molecule has 1 heterocycles. The molecule has 0 aliphatic carbocycles. The van der Waals surface area contributed by atoms with E-state index in [1.54, 1.807) is 12.4 Å². The molecule has 1 unspecified atom stereocenters. The molecule has 0 radical (unpaired) electrons. The summed E-state index contributed by atoms with van der Waals surface area (Å²) in [6.07, 6.45) is 3.44. The second-order valence-electron chi connectivity index (χ2n) is 4.56. The number of anilines is 1. The number of pyridine rings is 1. The fraction of sp³-hybridized carbons (Fsp3) is 0.200. The zero-order valence-corrected chi connectivity index (χ0v) is 11.9. The summed E-state index contributed by atoms with van der Waals surface area (Å²) >= 11 is 5.05. The number of nitrogens with two attached hydrogens (primary N) is 1. The molecule has 0 aliphatic heterocycles. The smallest absolute Gasteiger partial charge is 0.106 e. The summed E-state index contributed by atoms with van der Waals surface area (Å²) in [4.78, 5) is 4.49. The Morgan fingerprint density at radius 2 is 1.95 bits per heavy atom. The van der Waals surface area contributed by atoms with Crippen molar-refractivity contribution in [1.29, 1.82) is 0 Å². The van der Waals surface area contributed by atoms with Crippen LogP contribution in [0.4, 0.5) is 5.69 Å². The predicted octanol–water partition coefficient (Wildman–Crippen LogP) is 3.20. The number of nitrogens with one attached hydrogen (secondary N) is 1. The van der Waals surface area contributed by atoms with Crippen LogP contribution in [0, 0.1) is 6.92 Å². The number of rotatable bonds is 4. The van der Waals surface area contributed by atoms with Gasteiger partial charge in [-0.25, -0.2) is 0 Å². The van der Waals surface area contributed by atoms with Crippen molar-refractivity contribution < 1.29 is 0 Å². The molecule has 98 valence electrons. The lowest BCUT2D eigenvalue weighted by Gasteiger charge is -2.17. The maximum absolute atomic E-state index is 5.71. The molecule has 0 saturated heterocycles. The van der Waals surface area contributed by atoms with Crippen molar-refractivity contribution in [3.05, 3.63) is 59.4 Å². The monoisotopic (exact) mass is 271 g/mol. The normalized spacial score (nSPS) is 11.9. The van der Waals surface area contributed by atoms with Gasteiger partial charge in [-0.05, 0) is 25.5 Å². The van der Waals surface area contributed by atoms with Gasteiger partial charge in [0.15, 0.2) is 0 Å². The molecule has 0 fully saturated rings. The van der Waals surface area contributed by atoms with Crippen molar-refractivity contribution in [2.75, 3.05) is 5.32 Å². The van der Waals surface area contributed by atoms with Crippen LogP contribution in [0.15, 0.2) is 42.7 Å². The third-order valence-electron chi connectivity index (χ3n) is 3.04. The van der Waals surface area contributed by atoms with Gasteiger partial charge >= 0.3 is 0 Å². The van der Waals surface area contributed by atoms with Crippen LogP contribution in [0.3, 0.4) is 0 Å². The lowest BCUT2D eigenvalue weighted by atomic mass is 10.1. The van der Waals surface area contributed by atoms with Gasteiger partial charge in [-0.1, -0.05) is 42.0 Å². The van der Waals surface area contributed by atoms with Gasteiger partial charge in [0, 0.05) is 17.8 Å². The second kappa shape index (κ2) is 5.80. The lowest BCUT2D eigenvalue weighted by molar-refractivity contribution is 0.881. The first-order valence-electron chi connectivity index (χ1n) is 6.15. The quantitative estimate of drug-likeness (QED) is 0.838. The van der Waals surface area contributed by atoms with Gasteiger partial charge < -0.3 is 11.1 Å². The number of hydrogen-bond donors (Lipinski definition) is 2. The van der Waals surface area contributed by atoms with Crippen molar-refractivity contribution in [2.45, 2.75) is 19.9 Å². The maximum atomic E-state index is 5.71. The lowest BCUT2D eigenvalue weighted by Crippen LogP contribution is -2.15. The van der Waals surface area contributed by atoms with E-state index in [9.17, 15) is 0 Å². The van der Waals surface area contributed by atoms with E-state index < -0.39 is 0 Å². The van der Waals surface area contributed by atoms with Gasteiger partial charge in [0.05, 0.1) is 11.9 Å². The average molecular weight is 271 g/mol. The molecule has 2 rings (SSSR count). The van der Waals surface area contributed by atoms with Gasteiger partial charge in [0.1, 0.15) is 4.99 Å². The summed E-state index contributed by atoms with van der Waals surface area (Å²) in [6, 6.07) is 10.4. The van der Waals surface area contributed by atoms with Crippen molar-refractivity contribution in [2.24, 2.45) is 5.73 Å². The Bertz CT molecular complexity index is 578. The summed E-state index contributed by atoms with van der Waals surface area (Å²) < 4.78 is 0. The fourth-order valence-electron chi connectivity index (χ4n) is 1.90. The molecule has 2 aromatic rings. The van der Waals surface area contributed by atoms with Crippen LogP contribution in [0.25, 0.3) is 0 Å². The van der Waals surface area contributed by atoms with Crippen LogP contribution in [0.5, 0.6) is 0 Å². The van der Waals surface area contributed by atoms with Gasteiger partial charge in [0.25, 0.3) is 0 Å². The van der Waals surface area contributed by atoms with Crippen LogP contribution in [0.2, 0.25) is 0 Å². The number of aryl methyl sites for hydroxylation is 1. The first kappa shape index (κ1) is 13.5. The van der Waals surface area contributed by atoms with E-state index in [-0.39, 0.29) is 6.04 Å². The van der Waals surface area contributed by atoms with E-state index in [1.807, 2.05) is 6.07 Å². The third-order valence-corrected chi connectivity index (χ3v) is 3.26. The molecule has 1 atom stereocenters. The van der Waals surface area contributed by atoms with E-state index in [2.05, 4.69) is 48.4 Å². The largest absolute Gasteiger partial charge is 0.389 e. The summed E-state index contributed by atoms with van der Waals surface area (Å²) in [5.74, 6) is 0. The van der Waals surface area contributed by atoms with E-state index in [0.29, 0.717) is 4.99 Å². The van der Waals surface area contributed by atoms with E-state index in [1.165, 1.54) is 11.1 Å². The highest BCUT2D eigenvalue weighted by molar-refractivity contribution is 7.80. The van der Waals surface area contributed by atoms with Crippen LogP contribution in [-0.2, 0) is 0 Å². The molecule has 0 bridgehead atoms. The van der Waals surface area contributed by atoms with E-state index >= 15 is 0 Å². The van der Waals surface area contributed by atoms with Crippen molar-refractivity contribution in [3.63, 3.8) is 0 Å². The molecule has 3 N–H and O–H groups in total. The zero-order chi connectivity index (χ0) is 13.8. The second-order valence-corrected chi connectivity index (χ2v) is 5.00. The number of thiocarbonyl (C=S) groups is 1. The highest BCUT2D eigenvalue weighted by Crippen LogP contribution is 2.21. The summed E-state index contributed by atoms with van der Waals surface area (Å²) in [7, 11) is 0. The van der Waals surface area contributed by atoms with Gasteiger partial charge in [-0.3, -0.25) is 4.98 Å². The summed E-state index contributed by atoms with van der Waals surface area (Å²) in [5.41, 5.74) is 9.86. The highest BCUT2D eigenvalue weighted by Gasteiger charge is 2.09. The molecule has 0 spiro atoms. The van der Waals surface area contributed by atoms with E-state index in [4.69, 9.17) is 18.0 Å². The number of nitrogens with zero attached hydrogens (tertiary/aromatic N) is 1. The molecule has 0 aliphatic rings. The zero-order valence-electron chi connectivity index (χ0n) is 11.1. The molecule has 1 aromatic carbocycles. The highest BCUT2D eigenvalue weighted by atomic mass is 32.1. The molecule has 0 amide bonds. The Kier molecular flexibility index (Phi) is 4.12. The van der Waals surface area contributed by atoms with Crippen molar-refractivity contribution >= 4 is 22.9 Å². The Morgan fingerprint density at radius 3 is 2.58 bits per heavy atom. The number of benzene rings is 1. The fourth-order valence-corrected chi connectivity index (χ4v) is 2.07. The summed E-state index contributed by atoms with van der Waals surface area (Å²) in [6.45, 7) is 4.18. The Hall–Kier alpha value is -1.94. The van der Waals surface area contributed by atoms with Gasteiger partial charge in [-0.2, -0.15) is 0 Å². The molecule has 3 nitrogen and oxygen atoms in total. The van der Waals surface area contributed by atoms with Crippen molar-refractivity contribution in [1.82, 2.24) is 4.98 Å². The molecular weight excluding hydrogens is 254 g/mol. The number of aromatic nitrogens is 1. The van der Waals surface area contributed by atoms with Gasteiger partial charge in [0.2, 0.25) is 0 Å². The minimum atomic E-state index is 0.165. The minimum absolute atomic E-state index is 0.165. The standard InChI is InChI=1S/C15H17N3S/c1-10-3-5-12(6-4-10)11(2)18-14-9-17-8-7-13(14)15(16)19/h3-9,11,18H,1-2H3,(H2,16,19). The Labute approximate surface area is 118 Å². The Morgan fingerprint density at radius 1 is 1.26 bits per heavy atom. The molecule has 4 heteroatoms. The minimum Gasteiger partial charge on any atom is -0.389 e. The molecular formula is C15H17N3S. The third kappa shape index (κ3) is 3.29. The van der Waals surface area contributed by atoms with Crippen LogP contribution >= 0.6 is 12.2 Å².